The lowest BCUT2D eigenvalue weighted by Gasteiger charge is -2.22. The van der Waals surface area contributed by atoms with Crippen LogP contribution in [0.3, 0.4) is 0 Å². The van der Waals surface area contributed by atoms with Gasteiger partial charge in [-0.05, 0) is 48.4 Å². The van der Waals surface area contributed by atoms with Crippen LogP contribution in [0, 0.1) is 0 Å². The van der Waals surface area contributed by atoms with E-state index in [2.05, 4.69) is 26.8 Å². The maximum absolute atomic E-state index is 10.1. The van der Waals surface area contributed by atoms with Crippen LogP contribution in [0.15, 0.2) is 12.1 Å². The maximum atomic E-state index is 10.1. The second kappa shape index (κ2) is 6.10. The average Bonchev–Trinajstić information content (AvgIpc) is 2.30. The number of benzene rings is 1. The summed E-state index contributed by atoms with van der Waals surface area (Å²) in [5.41, 5.74) is 7.68. The Morgan fingerprint density at radius 1 is 1.22 bits per heavy atom. The molecule has 0 aliphatic heterocycles. The van der Waals surface area contributed by atoms with Gasteiger partial charge in [-0.1, -0.05) is 26.8 Å². The Labute approximate surface area is 110 Å². The first-order valence-electron chi connectivity index (χ1n) is 6.50. The van der Waals surface area contributed by atoms with E-state index in [-0.39, 0.29) is 11.2 Å². The highest BCUT2D eigenvalue weighted by Gasteiger charge is 2.18. The number of hydrogen-bond donors (Lipinski definition) is 2. The van der Waals surface area contributed by atoms with Gasteiger partial charge in [0.15, 0.2) is 11.5 Å². The van der Waals surface area contributed by atoms with Gasteiger partial charge in [0.05, 0.1) is 7.11 Å². The molecule has 3 N–H and O–H groups in total. The fourth-order valence-electron chi connectivity index (χ4n) is 1.90. The standard InChI is InChI=1S/C15H25NO2/c1-15(2,3)12-9-11(7-5-6-8-16)14(17)13(10-12)18-4/h9-10,17H,5-8,16H2,1-4H3. The average molecular weight is 251 g/mol. The quantitative estimate of drug-likeness (QED) is 0.791. The molecule has 0 fully saturated rings. The highest BCUT2D eigenvalue weighted by atomic mass is 16.5. The van der Waals surface area contributed by atoms with Gasteiger partial charge in [0, 0.05) is 0 Å². The molecule has 0 heterocycles. The number of aromatic hydroxyl groups is 1. The van der Waals surface area contributed by atoms with Crippen LogP contribution in [0.25, 0.3) is 0 Å². The monoisotopic (exact) mass is 251 g/mol. The number of nitrogens with two attached hydrogens (primary N) is 1. The van der Waals surface area contributed by atoms with E-state index in [0.29, 0.717) is 12.3 Å². The summed E-state index contributed by atoms with van der Waals surface area (Å²) in [4.78, 5) is 0. The van der Waals surface area contributed by atoms with Crippen molar-refractivity contribution in [1.29, 1.82) is 0 Å². The number of aryl methyl sites for hydroxylation is 1. The summed E-state index contributed by atoms with van der Waals surface area (Å²) in [6.07, 6.45) is 2.80. The number of rotatable bonds is 5. The van der Waals surface area contributed by atoms with Gasteiger partial charge in [-0.15, -0.1) is 0 Å². The van der Waals surface area contributed by atoms with Crippen LogP contribution in [0.4, 0.5) is 0 Å². The van der Waals surface area contributed by atoms with Gasteiger partial charge in [-0.3, -0.25) is 0 Å². The number of phenolic OH excluding ortho intramolecular Hbond substituents is 1. The van der Waals surface area contributed by atoms with Crippen molar-refractivity contribution in [3.8, 4) is 11.5 Å². The van der Waals surface area contributed by atoms with E-state index in [1.54, 1.807) is 7.11 Å². The summed E-state index contributed by atoms with van der Waals surface area (Å²) in [6, 6.07) is 4.00. The van der Waals surface area contributed by atoms with Crippen molar-refractivity contribution in [2.75, 3.05) is 13.7 Å². The Morgan fingerprint density at radius 2 is 1.89 bits per heavy atom. The number of phenols is 1. The zero-order valence-corrected chi connectivity index (χ0v) is 11.9. The van der Waals surface area contributed by atoms with E-state index in [1.807, 2.05) is 6.07 Å². The van der Waals surface area contributed by atoms with Crippen molar-refractivity contribution in [2.45, 2.75) is 45.4 Å². The predicted octanol–water partition coefficient (Wildman–Crippen LogP) is 2.98. The Balaban J connectivity index is 3.07. The van der Waals surface area contributed by atoms with Crippen LogP contribution in [0.1, 0.15) is 44.7 Å². The summed E-state index contributed by atoms with van der Waals surface area (Å²) in [5.74, 6) is 0.827. The third kappa shape index (κ3) is 3.64. The lowest BCUT2D eigenvalue weighted by atomic mass is 9.85. The van der Waals surface area contributed by atoms with Crippen molar-refractivity contribution in [3.63, 3.8) is 0 Å². The summed E-state index contributed by atoms with van der Waals surface area (Å²) in [6.45, 7) is 7.16. The van der Waals surface area contributed by atoms with Gasteiger partial charge >= 0.3 is 0 Å². The van der Waals surface area contributed by atoms with Crippen LogP contribution >= 0.6 is 0 Å². The fraction of sp³-hybridized carbons (Fsp3) is 0.600. The van der Waals surface area contributed by atoms with E-state index in [4.69, 9.17) is 10.5 Å². The molecule has 0 bridgehead atoms. The van der Waals surface area contributed by atoms with E-state index >= 15 is 0 Å². The minimum Gasteiger partial charge on any atom is -0.504 e. The molecule has 1 rings (SSSR count). The third-order valence-corrected chi connectivity index (χ3v) is 3.14. The van der Waals surface area contributed by atoms with Gasteiger partial charge in [0.1, 0.15) is 0 Å². The summed E-state index contributed by atoms with van der Waals surface area (Å²) in [5, 5.41) is 10.1. The minimum atomic E-state index is 0.0452. The molecule has 102 valence electrons. The molecule has 0 unspecified atom stereocenters. The van der Waals surface area contributed by atoms with Gasteiger partial charge in [0.25, 0.3) is 0 Å². The van der Waals surface area contributed by atoms with Gasteiger partial charge in [-0.2, -0.15) is 0 Å². The molecule has 0 saturated heterocycles. The number of methoxy groups -OCH3 is 1. The van der Waals surface area contributed by atoms with Gasteiger partial charge in [0.2, 0.25) is 0 Å². The highest BCUT2D eigenvalue weighted by Crippen LogP contribution is 2.36. The molecule has 0 aliphatic rings. The molecule has 0 aromatic heterocycles. The van der Waals surface area contributed by atoms with E-state index in [0.717, 1.165) is 24.8 Å². The predicted molar refractivity (Wildman–Crippen MR) is 75.4 cm³/mol. The van der Waals surface area contributed by atoms with Crippen LogP contribution in [0.2, 0.25) is 0 Å². The van der Waals surface area contributed by atoms with Crippen molar-refractivity contribution in [3.05, 3.63) is 23.3 Å². The molecule has 0 saturated carbocycles. The molecule has 3 heteroatoms. The number of ether oxygens (including phenoxy) is 1. The van der Waals surface area contributed by atoms with Crippen molar-refractivity contribution >= 4 is 0 Å². The van der Waals surface area contributed by atoms with E-state index in [9.17, 15) is 5.11 Å². The maximum Gasteiger partial charge on any atom is 0.161 e. The zero-order valence-electron chi connectivity index (χ0n) is 11.9. The molecule has 3 nitrogen and oxygen atoms in total. The van der Waals surface area contributed by atoms with Crippen LogP contribution in [0.5, 0.6) is 11.5 Å². The molecule has 1 aromatic carbocycles. The third-order valence-electron chi connectivity index (χ3n) is 3.14. The van der Waals surface area contributed by atoms with E-state index in [1.165, 1.54) is 5.56 Å². The van der Waals surface area contributed by atoms with Crippen LogP contribution in [-0.2, 0) is 11.8 Å². The lowest BCUT2D eigenvalue weighted by Crippen LogP contribution is -2.12. The molecule has 0 aliphatic carbocycles. The number of unbranched alkanes of at least 4 members (excludes halogenated alkanes) is 1. The second-order valence-corrected chi connectivity index (χ2v) is 5.68. The van der Waals surface area contributed by atoms with Gasteiger partial charge in [-0.25, -0.2) is 0 Å². The Morgan fingerprint density at radius 3 is 2.39 bits per heavy atom. The van der Waals surface area contributed by atoms with Crippen molar-refractivity contribution in [1.82, 2.24) is 0 Å². The molecular weight excluding hydrogens is 226 g/mol. The first-order chi connectivity index (χ1) is 8.40. The largest absolute Gasteiger partial charge is 0.504 e. The molecule has 0 radical (unpaired) electrons. The summed E-state index contributed by atoms with van der Waals surface area (Å²) >= 11 is 0. The zero-order chi connectivity index (χ0) is 13.8. The first kappa shape index (κ1) is 14.8. The van der Waals surface area contributed by atoms with E-state index < -0.39 is 0 Å². The SMILES string of the molecule is COc1cc(C(C)(C)C)cc(CCCCN)c1O. The van der Waals surface area contributed by atoms with Crippen LogP contribution < -0.4 is 10.5 Å². The Hall–Kier alpha value is -1.22. The molecular formula is C15H25NO2. The lowest BCUT2D eigenvalue weighted by molar-refractivity contribution is 0.368. The number of hydrogen-bond acceptors (Lipinski definition) is 3. The second-order valence-electron chi connectivity index (χ2n) is 5.68. The fourth-order valence-corrected chi connectivity index (χ4v) is 1.90. The molecule has 0 amide bonds. The smallest absolute Gasteiger partial charge is 0.161 e. The molecule has 0 spiro atoms. The first-order valence-corrected chi connectivity index (χ1v) is 6.50. The molecule has 18 heavy (non-hydrogen) atoms. The van der Waals surface area contributed by atoms with Crippen LogP contribution in [-0.4, -0.2) is 18.8 Å². The summed E-state index contributed by atoms with van der Waals surface area (Å²) in [7, 11) is 1.59. The summed E-state index contributed by atoms with van der Waals surface area (Å²) < 4.78 is 5.25. The topological polar surface area (TPSA) is 55.5 Å². The molecule has 0 atom stereocenters. The Kier molecular flexibility index (Phi) is 5.03. The van der Waals surface area contributed by atoms with Crippen molar-refractivity contribution < 1.29 is 9.84 Å². The van der Waals surface area contributed by atoms with Crippen molar-refractivity contribution in [2.24, 2.45) is 5.73 Å². The minimum absolute atomic E-state index is 0.0452. The Bertz CT molecular complexity index is 394. The highest BCUT2D eigenvalue weighted by molar-refractivity contribution is 5.50. The normalized spacial score (nSPS) is 11.6. The molecule has 1 aromatic rings. The van der Waals surface area contributed by atoms with Gasteiger partial charge < -0.3 is 15.6 Å².